The second kappa shape index (κ2) is 4.79. The van der Waals surface area contributed by atoms with Crippen molar-refractivity contribution < 1.29 is 9.59 Å². The number of carbonyl (C=O) groups excluding carboxylic acids is 2. The molecule has 1 rings (SSSR count). The van der Waals surface area contributed by atoms with Crippen LogP contribution in [0.3, 0.4) is 0 Å². The summed E-state index contributed by atoms with van der Waals surface area (Å²) in [6, 6.07) is 0. The first kappa shape index (κ1) is 10.8. The van der Waals surface area contributed by atoms with Gasteiger partial charge < -0.3 is 9.80 Å². The summed E-state index contributed by atoms with van der Waals surface area (Å²) in [6.07, 6.45) is 3.29. The SMILES string of the molecule is CC=CC(=O)N1CCN(C(C)=O)CC1. The molecule has 78 valence electrons. The Balaban J connectivity index is 2.43. The van der Waals surface area contributed by atoms with Gasteiger partial charge in [0.25, 0.3) is 0 Å². The number of amides is 2. The topological polar surface area (TPSA) is 40.6 Å². The third kappa shape index (κ3) is 2.58. The van der Waals surface area contributed by atoms with Crippen LogP contribution in [0.4, 0.5) is 0 Å². The Morgan fingerprint density at radius 1 is 1.07 bits per heavy atom. The quantitative estimate of drug-likeness (QED) is 0.564. The molecule has 0 N–H and O–H groups in total. The Morgan fingerprint density at radius 2 is 1.57 bits per heavy atom. The Bertz CT molecular complexity index is 253. The summed E-state index contributed by atoms with van der Waals surface area (Å²) < 4.78 is 0. The van der Waals surface area contributed by atoms with Gasteiger partial charge in [0.2, 0.25) is 11.8 Å². The van der Waals surface area contributed by atoms with Crippen molar-refractivity contribution in [3.63, 3.8) is 0 Å². The molecule has 0 spiro atoms. The van der Waals surface area contributed by atoms with Crippen LogP contribution in [0.1, 0.15) is 13.8 Å². The van der Waals surface area contributed by atoms with Gasteiger partial charge in [0, 0.05) is 33.1 Å². The van der Waals surface area contributed by atoms with Gasteiger partial charge in [-0.2, -0.15) is 0 Å². The van der Waals surface area contributed by atoms with E-state index < -0.39 is 0 Å². The van der Waals surface area contributed by atoms with E-state index in [0.29, 0.717) is 26.2 Å². The Kier molecular flexibility index (Phi) is 3.68. The molecular formula is C10H16N2O2. The predicted molar refractivity (Wildman–Crippen MR) is 53.6 cm³/mol. The van der Waals surface area contributed by atoms with Gasteiger partial charge in [-0.3, -0.25) is 9.59 Å². The fraction of sp³-hybridized carbons (Fsp3) is 0.600. The van der Waals surface area contributed by atoms with Gasteiger partial charge in [0.15, 0.2) is 0 Å². The molecule has 1 aliphatic rings. The summed E-state index contributed by atoms with van der Waals surface area (Å²) in [5.41, 5.74) is 0. The molecule has 1 aliphatic heterocycles. The highest BCUT2D eigenvalue weighted by molar-refractivity contribution is 5.87. The number of hydrogen-bond acceptors (Lipinski definition) is 2. The third-order valence-corrected chi connectivity index (χ3v) is 2.35. The van der Waals surface area contributed by atoms with E-state index in [2.05, 4.69) is 0 Å². The highest BCUT2D eigenvalue weighted by Crippen LogP contribution is 2.02. The van der Waals surface area contributed by atoms with E-state index in [1.54, 1.807) is 28.9 Å². The number of hydrogen-bond donors (Lipinski definition) is 0. The number of nitrogens with zero attached hydrogens (tertiary/aromatic N) is 2. The maximum atomic E-state index is 11.4. The summed E-state index contributed by atoms with van der Waals surface area (Å²) in [4.78, 5) is 25.9. The van der Waals surface area contributed by atoms with Crippen LogP contribution in [0.25, 0.3) is 0 Å². The third-order valence-electron chi connectivity index (χ3n) is 2.35. The van der Waals surface area contributed by atoms with Crippen molar-refractivity contribution in [2.75, 3.05) is 26.2 Å². The summed E-state index contributed by atoms with van der Waals surface area (Å²) in [5, 5.41) is 0. The fourth-order valence-electron chi connectivity index (χ4n) is 1.49. The number of piperazine rings is 1. The molecule has 0 aromatic carbocycles. The Morgan fingerprint density at radius 3 is 2.00 bits per heavy atom. The summed E-state index contributed by atoms with van der Waals surface area (Å²) in [7, 11) is 0. The summed E-state index contributed by atoms with van der Waals surface area (Å²) in [5.74, 6) is 0.124. The van der Waals surface area contributed by atoms with Crippen LogP contribution < -0.4 is 0 Å². The zero-order chi connectivity index (χ0) is 10.6. The second-order valence-corrected chi connectivity index (χ2v) is 3.33. The van der Waals surface area contributed by atoms with Crippen LogP contribution in [0.5, 0.6) is 0 Å². The van der Waals surface area contributed by atoms with Crippen LogP contribution in [0, 0.1) is 0 Å². The Labute approximate surface area is 84.2 Å². The molecule has 0 aromatic heterocycles. The zero-order valence-electron chi connectivity index (χ0n) is 8.69. The van der Waals surface area contributed by atoms with E-state index in [9.17, 15) is 9.59 Å². The molecule has 0 saturated carbocycles. The van der Waals surface area contributed by atoms with Crippen molar-refractivity contribution in [1.29, 1.82) is 0 Å². The Hall–Kier alpha value is -1.32. The molecule has 0 atom stereocenters. The van der Waals surface area contributed by atoms with E-state index in [1.807, 2.05) is 6.92 Å². The highest BCUT2D eigenvalue weighted by atomic mass is 16.2. The smallest absolute Gasteiger partial charge is 0.246 e. The van der Waals surface area contributed by atoms with Gasteiger partial charge in [-0.1, -0.05) is 6.08 Å². The van der Waals surface area contributed by atoms with Crippen LogP contribution >= 0.6 is 0 Å². The van der Waals surface area contributed by atoms with E-state index in [4.69, 9.17) is 0 Å². The molecule has 0 unspecified atom stereocenters. The van der Waals surface area contributed by atoms with E-state index in [-0.39, 0.29) is 11.8 Å². The first-order valence-electron chi connectivity index (χ1n) is 4.82. The normalized spacial score (nSPS) is 17.6. The minimum absolute atomic E-state index is 0.0377. The predicted octanol–water partition coefficient (Wildman–Crippen LogP) is 0.253. The lowest BCUT2D eigenvalue weighted by Crippen LogP contribution is -2.49. The zero-order valence-corrected chi connectivity index (χ0v) is 8.69. The first-order chi connectivity index (χ1) is 6.65. The lowest BCUT2D eigenvalue weighted by Gasteiger charge is -2.33. The minimum Gasteiger partial charge on any atom is -0.339 e. The number of rotatable bonds is 1. The van der Waals surface area contributed by atoms with Crippen molar-refractivity contribution in [2.45, 2.75) is 13.8 Å². The van der Waals surface area contributed by atoms with Gasteiger partial charge in [-0.05, 0) is 13.0 Å². The van der Waals surface area contributed by atoms with E-state index in [1.165, 1.54) is 0 Å². The first-order valence-corrected chi connectivity index (χ1v) is 4.82. The maximum Gasteiger partial charge on any atom is 0.246 e. The molecular weight excluding hydrogens is 180 g/mol. The van der Waals surface area contributed by atoms with Crippen molar-refractivity contribution in [3.05, 3.63) is 12.2 Å². The van der Waals surface area contributed by atoms with Crippen LogP contribution in [-0.4, -0.2) is 47.8 Å². The lowest BCUT2D eigenvalue weighted by molar-refractivity contribution is -0.135. The molecule has 14 heavy (non-hydrogen) atoms. The summed E-state index contributed by atoms with van der Waals surface area (Å²) in [6.45, 7) is 5.97. The average Bonchev–Trinajstić information content (AvgIpc) is 2.18. The molecule has 4 nitrogen and oxygen atoms in total. The van der Waals surface area contributed by atoms with Gasteiger partial charge >= 0.3 is 0 Å². The molecule has 1 fully saturated rings. The van der Waals surface area contributed by atoms with Gasteiger partial charge in [0.05, 0.1) is 0 Å². The van der Waals surface area contributed by atoms with Crippen LogP contribution in [0.15, 0.2) is 12.2 Å². The average molecular weight is 196 g/mol. The molecule has 0 bridgehead atoms. The molecule has 0 aromatic rings. The number of allylic oxidation sites excluding steroid dienone is 1. The van der Waals surface area contributed by atoms with E-state index >= 15 is 0 Å². The highest BCUT2D eigenvalue weighted by Gasteiger charge is 2.20. The lowest BCUT2D eigenvalue weighted by atomic mass is 10.3. The molecule has 1 heterocycles. The van der Waals surface area contributed by atoms with Crippen molar-refractivity contribution in [3.8, 4) is 0 Å². The summed E-state index contributed by atoms with van der Waals surface area (Å²) >= 11 is 0. The van der Waals surface area contributed by atoms with Gasteiger partial charge in [-0.15, -0.1) is 0 Å². The largest absolute Gasteiger partial charge is 0.339 e. The molecule has 0 aliphatic carbocycles. The second-order valence-electron chi connectivity index (χ2n) is 3.33. The number of carbonyl (C=O) groups is 2. The van der Waals surface area contributed by atoms with Crippen molar-refractivity contribution in [2.24, 2.45) is 0 Å². The minimum atomic E-state index is 0.0377. The van der Waals surface area contributed by atoms with Gasteiger partial charge in [-0.25, -0.2) is 0 Å². The monoisotopic (exact) mass is 196 g/mol. The molecule has 1 saturated heterocycles. The molecule has 0 radical (unpaired) electrons. The van der Waals surface area contributed by atoms with Crippen LogP contribution in [0.2, 0.25) is 0 Å². The standard InChI is InChI=1S/C10H16N2O2/c1-3-4-10(14)12-7-5-11(6-8-12)9(2)13/h3-4H,5-8H2,1-2H3. The molecule has 2 amide bonds. The van der Waals surface area contributed by atoms with Gasteiger partial charge in [0.1, 0.15) is 0 Å². The molecule has 4 heteroatoms. The maximum absolute atomic E-state index is 11.4. The fourth-order valence-corrected chi connectivity index (χ4v) is 1.49. The van der Waals surface area contributed by atoms with Crippen LogP contribution in [-0.2, 0) is 9.59 Å². The van der Waals surface area contributed by atoms with Crippen molar-refractivity contribution >= 4 is 11.8 Å². The van der Waals surface area contributed by atoms with Crippen molar-refractivity contribution in [1.82, 2.24) is 9.80 Å². The van der Waals surface area contributed by atoms with E-state index in [0.717, 1.165) is 0 Å².